The van der Waals surface area contributed by atoms with Crippen molar-refractivity contribution in [2.75, 3.05) is 14.2 Å². The maximum atomic E-state index is 11.9. The normalized spacial score (nSPS) is 28.0. The number of esters is 1. The summed E-state index contributed by atoms with van der Waals surface area (Å²) in [6.45, 7) is 0. The minimum absolute atomic E-state index is 0.160. The van der Waals surface area contributed by atoms with E-state index in [2.05, 4.69) is 14.7 Å². The van der Waals surface area contributed by atoms with E-state index >= 15 is 0 Å². The van der Waals surface area contributed by atoms with Gasteiger partial charge in [-0.1, -0.05) is 11.8 Å². The molecule has 1 aromatic heterocycles. The number of hydrogen-bond acceptors (Lipinski definition) is 7. The number of likely N-dealkylation sites (N-methyl/N-ethyl adjacent to an activating group) is 1. The lowest BCUT2D eigenvalue weighted by Gasteiger charge is -2.37. The van der Waals surface area contributed by atoms with Gasteiger partial charge in [-0.05, 0) is 44.3 Å². The van der Waals surface area contributed by atoms with Crippen LogP contribution in [0.3, 0.4) is 0 Å². The van der Waals surface area contributed by atoms with Crippen LogP contribution in [0.1, 0.15) is 25.7 Å². The Bertz CT molecular complexity index is 399. The van der Waals surface area contributed by atoms with E-state index in [-0.39, 0.29) is 5.97 Å². The van der Waals surface area contributed by atoms with Gasteiger partial charge in [-0.15, -0.1) is 0 Å². The zero-order chi connectivity index (χ0) is 13.0. The van der Waals surface area contributed by atoms with Gasteiger partial charge in [0.2, 0.25) is 0 Å². The average molecular weight is 287 g/mol. The number of aromatic nitrogens is 2. The van der Waals surface area contributed by atoms with Crippen LogP contribution in [0.25, 0.3) is 0 Å². The van der Waals surface area contributed by atoms with Crippen molar-refractivity contribution in [2.24, 2.45) is 0 Å². The molecule has 1 saturated carbocycles. The maximum Gasteiger partial charge on any atom is 0.326 e. The van der Waals surface area contributed by atoms with E-state index in [9.17, 15) is 4.79 Å². The Morgan fingerprint density at radius 1 is 1.72 bits per heavy atom. The largest absolute Gasteiger partial charge is 0.468 e. The summed E-state index contributed by atoms with van der Waals surface area (Å²) in [7, 11) is 3.28. The molecule has 1 fully saturated rings. The van der Waals surface area contributed by atoms with E-state index in [1.807, 2.05) is 7.05 Å². The fourth-order valence-electron chi connectivity index (χ4n) is 2.39. The van der Waals surface area contributed by atoms with E-state index in [0.717, 1.165) is 30.0 Å². The molecule has 0 spiro atoms. The van der Waals surface area contributed by atoms with Crippen LogP contribution in [-0.4, -0.2) is 40.3 Å². The van der Waals surface area contributed by atoms with Crippen LogP contribution >= 0.6 is 23.3 Å². The highest BCUT2D eigenvalue weighted by Crippen LogP contribution is 2.38. The molecule has 18 heavy (non-hydrogen) atoms. The fraction of sp³-hybridized carbons (Fsp3) is 0.727. The lowest BCUT2D eigenvalue weighted by atomic mass is 9.81. The molecule has 0 bridgehead atoms. The predicted molar refractivity (Wildman–Crippen MR) is 71.8 cm³/mol. The van der Waals surface area contributed by atoms with Gasteiger partial charge in [-0.2, -0.15) is 4.37 Å². The zero-order valence-corrected chi connectivity index (χ0v) is 12.1. The van der Waals surface area contributed by atoms with Gasteiger partial charge in [0.25, 0.3) is 0 Å². The highest BCUT2D eigenvalue weighted by molar-refractivity contribution is 8.01. The molecule has 0 saturated heterocycles. The fourth-order valence-corrected chi connectivity index (χ4v) is 4.43. The molecule has 100 valence electrons. The van der Waals surface area contributed by atoms with Crippen molar-refractivity contribution in [2.45, 2.75) is 40.8 Å². The van der Waals surface area contributed by atoms with Gasteiger partial charge in [0.15, 0.2) is 4.34 Å². The summed E-state index contributed by atoms with van der Waals surface area (Å²) in [4.78, 5) is 16.1. The number of carbonyl (C=O) groups is 1. The van der Waals surface area contributed by atoms with Crippen molar-refractivity contribution in [3.05, 3.63) is 6.33 Å². The van der Waals surface area contributed by atoms with Crippen LogP contribution in [-0.2, 0) is 9.53 Å². The molecule has 2 unspecified atom stereocenters. The molecule has 1 N–H and O–H groups in total. The molecular weight excluding hydrogens is 270 g/mol. The number of thioether (sulfide) groups is 1. The number of carbonyl (C=O) groups excluding carboxylic acids is 1. The first-order valence-electron chi connectivity index (χ1n) is 5.91. The summed E-state index contributed by atoms with van der Waals surface area (Å²) < 4.78 is 9.90. The van der Waals surface area contributed by atoms with E-state index in [1.165, 1.54) is 18.6 Å². The highest BCUT2D eigenvalue weighted by atomic mass is 32.2. The molecule has 0 radical (unpaired) electrons. The quantitative estimate of drug-likeness (QED) is 0.851. The number of hydrogen-bond donors (Lipinski definition) is 1. The zero-order valence-electron chi connectivity index (χ0n) is 10.5. The third-order valence-electron chi connectivity index (χ3n) is 3.37. The summed E-state index contributed by atoms with van der Waals surface area (Å²) in [5.74, 6) is -0.160. The number of ether oxygens (including phenoxy) is 1. The van der Waals surface area contributed by atoms with Gasteiger partial charge in [0.05, 0.1) is 7.11 Å². The monoisotopic (exact) mass is 287 g/mol. The second-order valence-corrected chi connectivity index (χ2v) is 6.69. The van der Waals surface area contributed by atoms with Gasteiger partial charge in [-0.3, -0.25) is 4.79 Å². The molecule has 0 aliphatic heterocycles. The van der Waals surface area contributed by atoms with Gasteiger partial charge in [-0.25, -0.2) is 4.98 Å². The minimum atomic E-state index is -0.532. The van der Waals surface area contributed by atoms with Gasteiger partial charge in [0, 0.05) is 5.25 Å². The van der Waals surface area contributed by atoms with E-state index in [1.54, 1.807) is 18.1 Å². The Morgan fingerprint density at radius 3 is 3.17 bits per heavy atom. The third-order valence-corrected chi connectivity index (χ3v) is 5.39. The third kappa shape index (κ3) is 2.84. The van der Waals surface area contributed by atoms with Crippen LogP contribution in [0.15, 0.2) is 10.7 Å². The van der Waals surface area contributed by atoms with Gasteiger partial charge < -0.3 is 10.1 Å². The van der Waals surface area contributed by atoms with Crippen molar-refractivity contribution in [3.8, 4) is 0 Å². The lowest BCUT2D eigenvalue weighted by molar-refractivity contribution is -0.149. The van der Waals surface area contributed by atoms with E-state index < -0.39 is 5.54 Å². The number of nitrogens with zero attached hydrogens (tertiary/aromatic N) is 2. The molecule has 1 aliphatic carbocycles. The van der Waals surface area contributed by atoms with Crippen molar-refractivity contribution in [1.29, 1.82) is 0 Å². The maximum absolute atomic E-state index is 11.9. The Labute approximate surface area is 115 Å². The molecule has 1 aromatic rings. The molecule has 5 nitrogen and oxygen atoms in total. The van der Waals surface area contributed by atoms with Crippen LogP contribution in [0.5, 0.6) is 0 Å². The standard InChI is InChI=1S/C11H17N3O2S2/c1-12-11(9(15)16-2)5-3-4-8(6-11)17-10-13-7-14-18-10/h7-8,12H,3-6H2,1-2H3. The Balaban J connectivity index is 2.04. The second kappa shape index (κ2) is 5.99. The first kappa shape index (κ1) is 13.8. The van der Waals surface area contributed by atoms with Crippen LogP contribution in [0.4, 0.5) is 0 Å². The smallest absolute Gasteiger partial charge is 0.326 e. The van der Waals surface area contributed by atoms with Crippen molar-refractivity contribution in [3.63, 3.8) is 0 Å². The van der Waals surface area contributed by atoms with Crippen molar-refractivity contribution < 1.29 is 9.53 Å². The predicted octanol–water partition coefficient (Wildman–Crippen LogP) is 1.70. The molecule has 7 heteroatoms. The Hall–Kier alpha value is -0.660. The van der Waals surface area contributed by atoms with Crippen LogP contribution < -0.4 is 5.32 Å². The second-order valence-electron chi connectivity index (χ2n) is 4.37. The van der Waals surface area contributed by atoms with Crippen molar-refractivity contribution in [1.82, 2.24) is 14.7 Å². The lowest BCUT2D eigenvalue weighted by Crippen LogP contribution is -2.54. The summed E-state index contributed by atoms with van der Waals surface area (Å²) in [6.07, 6.45) is 5.31. The molecule has 2 rings (SSSR count). The van der Waals surface area contributed by atoms with Gasteiger partial charge >= 0.3 is 5.97 Å². The highest BCUT2D eigenvalue weighted by Gasteiger charge is 2.42. The van der Waals surface area contributed by atoms with Crippen molar-refractivity contribution >= 4 is 29.3 Å². The number of methoxy groups -OCH3 is 1. The van der Waals surface area contributed by atoms with Crippen LogP contribution in [0.2, 0.25) is 0 Å². The van der Waals surface area contributed by atoms with E-state index in [4.69, 9.17) is 4.74 Å². The number of rotatable bonds is 4. The SMILES string of the molecule is CNC1(C(=O)OC)CCCC(Sc2ncns2)C1. The summed E-state index contributed by atoms with van der Waals surface area (Å²) in [5, 5.41) is 3.54. The number of nitrogens with one attached hydrogen (secondary N) is 1. The summed E-state index contributed by atoms with van der Waals surface area (Å²) in [6, 6.07) is 0. The topological polar surface area (TPSA) is 64.1 Å². The average Bonchev–Trinajstić information content (AvgIpc) is 2.90. The Kier molecular flexibility index (Phi) is 4.58. The van der Waals surface area contributed by atoms with Crippen LogP contribution in [0, 0.1) is 0 Å². The molecule has 2 atom stereocenters. The Morgan fingerprint density at radius 2 is 2.56 bits per heavy atom. The molecule has 1 heterocycles. The molecule has 0 amide bonds. The molecule has 1 aliphatic rings. The molecular formula is C11H17N3O2S2. The first-order valence-corrected chi connectivity index (χ1v) is 7.56. The minimum Gasteiger partial charge on any atom is -0.468 e. The molecule has 0 aromatic carbocycles. The summed E-state index contributed by atoms with van der Waals surface area (Å²) >= 11 is 3.12. The van der Waals surface area contributed by atoms with E-state index in [0.29, 0.717) is 5.25 Å². The summed E-state index contributed by atoms with van der Waals surface area (Å²) in [5.41, 5.74) is -0.532. The van der Waals surface area contributed by atoms with Gasteiger partial charge in [0.1, 0.15) is 11.9 Å². The first-order chi connectivity index (χ1) is 8.70.